The van der Waals surface area contributed by atoms with E-state index in [0.717, 1.165) is 24.5 Å². The van der Waals surface area contributed by atoms with E-state index in [2.05, 4.69) is 29.0 Å². The van der Waals surface area contributed by atoms with Gasteiger partial charge in [0, 0.05) is 30.7 Å². The first-order valence-electron chi connectivity index (χ1n) is 8.34. The summed E-state index contributed by atoms with van der Waals surface area (Å²) in [4.78, 5) is 19.4. The number of benzene rings is 1. The summed E-state index contributed by atoms with van der Waals surface area (Å²) in [6.45, 7) is 7.96. The first-order chi connectivity index (χ1) is 12.0. The topological polar surface area (TPSA) is 49.6 Å². The van der Waals surface area contributed by atoms with Gasteiger partial charge in [0.2, 0.25) is 0 Å². The van der Waals surface area contributed by atoms with Gasteiger partial charge in [-0.2, -0.15) is 0 Å². The van der Waals surface area contributed by atoms with Crippen molar-refractivity contribution in [2.45, 2.75) is 20.8 Å². The fourth-order valence-corrected chi connectivity index (χ4v) is 3.11. The molecule has 3 aromatic rings. The van der Waals surface area contributed by atoms with Crippen LogP contribution in [0.1, 0.15) is 30.0 Å². The molecular formula is C19H21ClN4O. The number of carbonyl (C=O) groups excluding carboxylic acids is 1. The molecule has 0 bridgehead atoms. The lowest BCUT2D eigenvalue weighted by Crippen LogP contribution is -2.21. The number of carbonyl (C=O) groups is 1. The Balaban J connectivity index is 1.85. The van der Waals surface area contributed by atoms with Crippen LogP contribution in [0, 0.1) is 6.92 Å². The molecule has 2 aromatic heterocycles. The summed E-state index contributed by atoms with van der Waals surface area (Å²) < 4.78 is 1.72. The van der Waals surface area contributed by atoms with E-state index in [1.54, 1.807) is 22.7 Å². The summed E-state index contributed by atoms with van der Waals surface area (Å²) in [5, 5.41) is 3.50. The van der Waals surface area contributed by atoms with E-state index in [1.807, 2.05) is 31.2 Å². The first kappa shape index (κ1) is 17.3. The van der Waals surface area contributed by atoms with Crippen molar-refractivity contribution in [1.29, 1.82) is 0 Å². The molecule has 1 aromatic carbocycles. The smallest absolute Gasteiger partial charge is 0.274 e. The Morgan fingerprint density at radius 3 is 2.48 bits per heavy atom. The highest BCUT2D eigenvalue weighted by molar-refractivity contribution is 6.30. The van der Waals surface area contributed by atoms with Gasteiger partial charge in [0.05, 0.1) is 10.7 Å². The number of nitrogens with zero attached hydrogens (tertiary/aromatic N) is 3. The van der Waals surface area contributed by atoms with E-state index in [-0.39, 0.29) is 5.91 Å². The number of imidazole rings is 1. The first-order valence-corrected chi connectivity index (χ1v) is 8.71. The molecule has 0 saturated carbocycles. The van der Waals surface area contributed by atoms with Crippen molar-refractivity contribution in [3.8, 4) is 0 Å². The summed E-state index contributed by atoms with van der Waals surface area (Å²) in [5.41, 5.74) is 3.74. The molecule has 0 aliphatic rings. The zero-order valence-electron chi connectivity index (χ0n) is 14.6. The lowest BCUT2D eigenvalue weighted by atomic mass is 10.2. The molecule has 2 heterocycles. The highest BCUT2D eigenvalue weighted by atomic mass is 35.5. The van der Waals surface area contributed by atoms with Crippen LogP contribution in [0.25, 0.3) is 5.65 Å². The molecule has 6 heteroatoms. The Bertz CT molecular complexity index is 898. The highest BCUT2D eigenvalue weighted by Gasteiger charge is 2.17. The van der Waals surface area contributed by atoms with E-state index in [9.17, 15) is 4.79 Å². The second-order valence-corrected chi connectivity index (χ2v) is 6.23. The Hall–Kier alpha value is -2.53. The predicted molar refractivity (Wildman–Crippen MR) is 103 cm³/mol. The molecule has 0 aliphatic heterocycles. The van der Waals surface area contributed by atoms with Gasteiger partial charge in [-0.3, -0.25) is 9.20 Å². The van der Waals surface area contributed by atoms with Gasteiger partial charge in [-0.25, -0.2) is 4.98 Å². The Morgan fingerprint density at radius 1 is 1.16 bits per heavy atom. The third kappa shape index (κ3) is 3.46. The van der Waals surface area contributed by atoms with E-state index >= 15 is 0 Å². The average molecular weight is 357 g/mol. The Morgan fingerprint density at radius 2 is 1.84 bits per heavy atom. The summed E-state index contributed by atoms with van der Waals surface area (Å²) in [6, 6.07) is 11.4. The molecule has 0 spiro atoms. The maximum absolute atomic E-state index is 12.7. The van der Waals surface area contributed by atoms with Gasteiger partial charge in [0.25, 0.3) is 5.91 Å². The van der Waals surface area contributed by atoms with Gasteiger partial charge < -0.3 is 10.2 Å². The third-order valence-electron chi connectivity index (χ3n) is 4.23. The van der Waals surface area contributed by atoms with Crippen LogP contribution < -0.4 is 10.2 Å². The van der Waals surface area contributed by atoms with Crippen molar-refractivity contribution in [3.05, 3.63) is 59.0 Å². The molecule has 0 atom stereocenters. The van der Waals surface area contributed by atoms with E-state index in [1.165, 1.54) is 0 Å². The van der Waals surface area contributed by atoms with Crippen LogP contribution in [-0.2, 0) is 0 Å². The van der Waals surface area contributed by atoms with Crippen LogP contribution in [0.15, 0.2) is 42.6 Å². The molecule has 5 nitrogen and oxygen atoms in total. The fraction of sp³-hybridized carbons (Fsp3) is 0.263. The number of fused-ring (bicyclic) bond motifs is 1. The molecule has 25 heavy (non-hydrogen) atoms. The average Bonchev–Trinajstić information content (AvgIpc) is 2.92. The van der Waals surface area contributed by atoms with Gasteiger partial charge in [-0.05, 0) is 57.2 Å². The summed E-state index contributed by atoms with van der Waals surface area (Å²) in [7, 11) is 0. The van der Waals surface area contributed by atoms with Crippen molar-refractivity contribution in [1.82, 2.24) is 9.38 Å². The third-order valence-corrected chi connectivity index (χ3v) is 4.45. The molecule has 1 N–H and O–H groups in total. The predicted octanol–water partition coefficient (Wildman–Crippen LogP) is 4.39. The van der Waals surface area contributed by atoms with Crippen LogP contribution in [0.3, 0.4) is 0 Å². The molecular weight excluding hydrogens is 336 g/mol. The second kappa shape index (κ2) is 7.15. The molecule has 0 fully saturated rings. The van der Waals surface area contributed by atoms with Crippen molar-refractivity contribution < 1.29 is 4.79 Å². The molecule has 0 saturated heterocycles. The molecule has 0 unspecified atom stereocenters. The number of hydrogen-bond acceptors (Lipinski definition) is 3. The molecule has 130 valence electrons. The van der Waals surface area contributed by atoms with E-state index in [4.69, 9.17) is 11.6 Å². The maximum Gasteiger partial charge on any atom is 0.274 e. The minimum Gasteiger partial charge on any atom is -0.372 e. The number of aromatic nitrogens is 2. The number of hydrogen-bond donors (Lipinski definition) is 1. The van der Waals surface area contributed by atoms with Crippen molar-refractivity contribution >= 4 is 34.5 Å². The van der Waals surface area contributed by atoms with Crippen LogP contribution in [0.4, 0.5) is 11.4 Å². The number of pyridine rings is 1. The van der Waals surface area contributed by atoms with Gasteiger partial charge in [0.15, 0.2) is 0 Å². The van der Waals surface area contributed by atoms with Crippen LogP contribution >= 0.6 is 11.6 Å². The summed E-state index contributed by atoms with van der Waals surface area (Å²) >= 11 is 6.05. The second-order valence-electron chi connectivity index (χ2n) is 5.79. The van der Waals surface area contributed by atoms with E-state index in [0.29, 0.717) is 22.1 Å². The monoisotopic (exact) mass is 356 g/mol. The van der Waals surface area contributed by atoms with Crippen molar-refractivity contribution in [2.75, 3.05) is 23.3 Å². The Kier molecular flexibility index (Phi) is 4.95. The lowest BCUT2D eigenvalue weighted by Gasteiger charge is -2.21. The number of aryl methyl sites for hydroxylation is 1. The normalized spacial score (nSPS) is 10.9. The fourth-order valence-electron chi connectivity index (χ4n) is 2.94. The van der Waals surface area contributed by atoms with E-state index < -0.39 is 0 Å². The Labute approximate surface area is 152 Å². The van der Waals surface area contributed by atoms with Gasteiger partial charge in [-0.15, -0.1) is 0 Å². The van der Waals surface area contributed by atoms with Gasteiger partial charge in [-0.1, -0.05) is 11.6 Å². The van der Waals surface area contributed by atoms with Crippen molar-refractivity contribution in [2.24, 2.45) is 0 Å². The zero-order valence-corrected chi connectivity index (χ0v) is 15.3. The van der Waals surface area contributed by atoms with Crippen LogP contribution in [0.5, 0.6) is 0 Å². The molecule has 1 amide bonds. The van der Waals surface area contributed by atoms with Crippen LogP contribution in [0.2, 0.25) is 5.02 Å². The standard InChI is InChI=1S/C19H21ClN4O/c1-4-23(5-2)16-9-7-15(8-10-16)22-19(25)18-13(3)21-17-11-6-14(20)12-24(17)18/h6-12H,4-5H2,1-3H3,(H,22,25). The number of halogens is 1. The SMILES string of the molecule is CCN(CC)c1ccc(NC(=O)c2c(C)nc3ccc(Cl)cn23)cc1. The van der Waals surface area contributed by atoms with Crippen molar-refractivity contribution in [3.63, 3.8) is 0 Å². The number of anilines is 2. The summed E-state index contributed by atoms with van der Waals surface area (Å²) in [5.74, 6) is -0.206. The quantitative estimate of drug-likeness (QED) is 0.737. The van der Waals surface area contributed by atoms with Gasteiger partial charge >= 0.3 is 0 Å². The highest BCUT2D eigenvalue weighted by Crippen LogP contribution is 2.20. The molecule has 0 radical (unpaired) electrons. The number of amides is 1. The minimum absolute atomic E-state index is 0.206. The lowest BCUT2D eigenvalue weighted by molar-refractivity contribution is 0.102. The number of rotatable bonds is 5. The minimum atomic E-state index is -0.206. The molecule has 0 aliphatic carbocycles. The van der Waals surface area contributed by atoms with Gasteiger partial charge in [0.1, 0.15) is 11.3 Å². The largest absolute Gasteiger partial charge is 0.372 e. The zero-order chi connectivity index (χ0) is 18.0. The molecule has 3 rings (SSSR count). The maximum atomic E-state index is 12.7. The van der Waals surface area contributed by atoms with Crippen LogP contribution in [-0.4, -0.2) is 28.4 Å². The summed E-state index contributed by atoms with van der Waals surface area (Å²) in [6.07, 6.45) is 1.70. The number of nitrogens with one attached hydrogen (secondary N) is 1.